The number of imide groups is 5. The minimum absolute atomic E-state index is 0.00823. The molecule has 16 aromatic rings. The second kappa shape index (κ2) is 37.1. The van der Waals surface area contributed by atoms with Gasteiger partial charge in [-0.15, -0.1) is 0 Å². The smallest absolute Gasteiger partial charge is 0.266 e. The molecule has 0 saturated heterocycles. The van der Waals surface area contributed by atoms with Crippen LogP contribution in [0.4, 0.5) is 17.1 Å². The molecule has 0 unspecified atom stereocenters. The number of nitrogens with zero attached hydrogens (tertiary/aromatic N) is 5. The molecule has 0 aromatic heterocycles. The van der Waals surface area contributed by atoms with Crippen molar-refractivity contribution in [1.82, 2.24) is 9.80 Å². The minimum atomic E-state index is -0.707. The van der Waals surface area contributed by atoms with E-state index in [9.17, 15) is 52.7 Å². The van der Waals surface area contributed by atoms with Crippen LogP contribution >= 0.6 is 0 Å². The Hall–Kier alpha value is -19.2. The van der Waals surface area contributed by atoms with E-state index in [1.54, 1.807) is 127 Å². The third-order valence-electron chi connectivity index (χ3n) is 25.4. The first-order chi connectivity index (χ1) is 68.6. The molecule has 0 N–H and O–H groups in total. The average Bonchev–Trinajstić information content (AvgIpc) is 1.59. The van der Waals surface area contributed by atoms with Crippen molar-refractivity contribution in [1.29, 1.82) is 0 Å². The summed E-state index contributed by atoms with van der Waals surface area (Å²) < 4.78 is 36.6. The molecule has 688 valence electrons. The lowest BCUT2D eigenvalue weighted by Crippen LogP contribution is -2.32. The molecule has 5 aliphatic heterocycles. The molecule has 5 aliphatic rings. The first kappa shape index (κ1) is 90.6. The first-order valence-corrected chi connectivity index (χ1v) is 45.3. The van der Waals surface area contributed by atoms with E-state index in [0.29, 0.717) is 102 Å². The number of hydrogen-bond acceptors (Lipinski definition) is 17. The standard InChI is InChI=1S/C69H43N3O9.C51H38N2O8/c1-69(2,48-23-27-52(28-24-48)80-54-31-34-56-60(40-54)64(75)70(3)63(56)74)49-25-29-53(30-26-49)81-55-32-35-58-61(41-55)68(79)72(66(58)77)51-38-47(62(73)46-21-18-44(19-22-46)15-14-42-10-6-4-7-11-42)37-50(39-51)71-65(76)57-33-20-45(36-59(57)67(71)78)17-16-43-12-8-5-9-13-43;1-31-8-16-35(17-9-31)58-39-6-5-7-40(28-39)59-38-22-14-34(15-23-38)53-49(56)44-27-25-42(30-46(44)50(53)57)61-37-20-12-33(13-21-37)51(2,3)32-10-18-36(19-11-32)60-41-24-26-43-45(29-41)48(55)52(4)47(43)54/h4-13,18-41H,1-3H3;5-30H,1-4H3. The Labute approximate surface area is 815 Å². The maximum atomic E-state index is 14.5. The lowest BCUT2D eigenvalue weighted by atomic mass is 9.78. The van der Waals surface area contributed by atoms with Crippen LogP contribution in [0.3, 0.4) is 0 Å². The normalized spacial score (nSPS) is 13.3. The fourth-order valence-corrected chi connectivity index (χ4v) is 17.4. The van der Waals surface area contributed by atoms with Crippen molar-refractivity contribution in [2.24, 2.45) is 0 Å². The van der Waals surface area contributed by atoms with Crippen molar-refractivity contribution in [2.45, 2.75) is 45.4 Å². The number of carbonyl (C=O) groups is 11. The summed E-state index contributed by atoms with van der Waals surface area (Å²) in [7, 11) is 2.91. The molecule has 0 radical (unpaired) electrons. The highest BCUT2D eigenvalue weighted by molar-refractivity contribution is 6.37. The third-order valence-corrected chi connectivity index (χ3v) is 25.4. The van der Waals surface area contributed by atoms with Gasteiger partial charge < -0.3 is 28.4 Å². The Bertz CT molecular complexity index is 8100. The Kier molecular flexibility index (Phi) is 23.7. The van der Waals surface area contributed by atoms with Crippen molar-refractivity contribution in [3.8, 4) is 92.7 Å². The molecule has 10 amide bonds. The molecule has 0 atom stereocenters. The summed E-state index contributed by atoms with van der Waals surface area (Å²) in [5.41, 5.74) is 10.0. The van der Waals surface area contributed by atoms with Gasteiger partial charge in [-0.05, 0) is 284 Å². The van der Waals surface area contributed by atoms with E-state index in [-0.39, 0.29) is 85.1 Å². The lowest BCUT2D eigenvalue weighted by molar-refractivity contribution is 0.0677. The highest BCUT2D eigenvalue weighted by atomic mass is 16.5. The summed E-state index contributed by atoms with van der Waals surface area (Å²) in [6.07, 6.45) is 0. The monoisotopic (exact) mass is 1860 g/mol. The van der Waals surface area contributed by atoms with Gasteiger partial charge in [-0.25, -0.2) is 14.7 Å². The molecule has 0 saturated carbocycles. The summed E-state index contributed by atoms with van der Waals surface area (Å²) in [5, 5.41) is 0. The Balaban J connectivity index is 0.000000181. The zero-order valence-electron chi connectivity index (χ0n) is 77.3. The van der Waals surface area contributed by atoms with Crippen LogP contribution in [-0.4, -0.2) is 88.8 Å². The lowest BCUT2D eigenvalue weighted by Gasteiger charge is -2.26. The summed E-state index contributed by atoms with van der Waals surface area (Å²) in [6.45, 7) is 10.4. The number of fused-ring (bicyclic) bond motifs is 5. The van der Waals surface area contributed by atoms with Crippen molar-refractivity contribution in [3.63, 3.8) is 0 Å². The molecule has 22 nitrogen and oxygen atoms in total. The van der Waals surface area contributed by atoms with Crippen LogP contribution < -0.4 is 43.1 Å². The number of benzene rings is 16. The minimum Gasteiger partial charge on any atom is -0.457 e. The number of amides is 10. The summed E-state index contributed by atoms with van der Waals surface area (Å²) >= 11 is 0. The topological polar surface area (TPSA) is 259 Å². The molecule has 21 rings (SSSR count). The number of ether oxygens (including phenoxy) is 6. The van der Waals surface area contributed by atoms with E-state index in [4.69, 9.17) is 28.4 Å². The molecule has 0 fully saturated rings. The summed E-state index contributed by atoms with van der Waals surface area (Å²) in [4.78, 5) is 154. The van der Waals surface area contributed by atoms with Gasteiger partial charge in [0.2, 0.25) is 0 Å². The Morgan fingerprint density at radius 3 is 0.838 bits per heavy atom. The number of carbonyl (C=O) groups excluding carboxylic acids is 11. The Morgan fingerprint density at radius 1 is 0.218 bits per heavy atom. The average molecular weight is 1860 g/mol. The van der Waals surface area contributed by atoms with Crippen molar-refractivity contribution >= 4 is 81.9 Å². The van der Waals surface area contributed by atoms with Crippen molar-refractivity contribution in [2.75, 3.05) is 28.8 Å². The molecular weight excluding hydrogens is 1780 g/mol. The molecular formula is C120H81N5O17. The molecule has 22 heteroatoms. The molecule has 0 spiro atoms. The first-order valence-electron chi connectivity index (χ1n) is 45.3. The van der Waals surface area contributed by atoms with E-state index < -0.39 is 46.6 Å². The maximum absolute atomic E-state index is 14.5. The molecule has 142 heavy (non-hydrogen) atoms. The maximum Gasteiger partial charge on any atom is 0.266 e. The zero-order chi connectivity index (χ0) is 98.5. The summed E-state index contributed by atoms with van der Waals surface area (Å²) in [6, 6.07) is 106. The fraction of sp³-hybridized carbons (Fsp3) is 0.0750. The Morgan fingerprint density at radius 2 is 0.479 bits per heavy atom. The number of hydrogen-bond donors (Lipinski definition) is 0. The van der Waals surface area contributed by atoms with Crippen molar-refractivity contribution < 1.29 is 81.2 Å². The van der Waals surface area contributed by atoms with Gasteiger partial charge in [-0.1, -0.05) is 160 Å². The zero-order valence-corrected chi connectivity index (χ0v) is 77.3. The second-order valence-corrected chi connectivity index (χ2v) is 35.4. The SMILES string of the molecule is CN1C(=O)c2ccc(Oc3ccc(C(C)(C)c4ccc(Oc5ccc6c(c5)C(=O)N(c5cc(C(=O)c7ccc(C#Cc8ccccc8)cc7)cc(N7C(=O)c8ccc(C#Cc9ccccc9)cc8C7=O)c5)C6=O)cc4)cc3)cc2C1=O.Cc1ccc(Oc2cccc(Oc3ccc(N4C(=O)c5ccc(Oc6ccc(C(C)(C)c7ccc(Oc8ccc9c(c8)C(=O)N(C)C9=O)cc7)cc6)cc5C4=O)cc3)c2)cc1. The van der Waals surface area contributed by atoms with Gasteiger partial charge in [-0.2, -0.15) is 0 Å². The number of anilines is 3. The van der Waals surface area contributed by atoms with Crippen LogP contribution in [0.2, 0.25) is 0 Å². The van der Waals surface area contributed by atoms with Crippen LogP contribution in [0, 0.1) is 30.6 Å². The molecule has 16 aromatic carbocycles. The molecule has 0 aliphatic carbocycles. The van der Waals surface area contributed by atoms with Gasteiger partial charge in [0.15, 0.2) is 5.78 Å². The van der Waals surface area contributed by atoms with E-state index in [1.807, 2.05) is 207 Å². The van der Waals surface area contributed by atoms with Gasteiger partial charge in [0, 0.05) is 64.4 Å². The van der Waals surface area contributed by atoms with Crippen LogP contribution in [-0.2, 0) is 10.8 Å². The third kappa shape index (κ3) is 17.8. The quantitative estimate of drug-likeness (QED) is 0.0368. The molecule has 0 bridgehead atoms. The summed E-state index contributed by atoms with van der Waals surface area (Å²) in [5.74, 6) is 13.1. The van der Waals surface area contributed by atoms with E-state index in [1.165, 1.54) is 50.5 Å². The van der Waals surface area contributed by atoms with E-state index in [2.05, 4.69) is 51.4 Å². The fourth-order valence-electron chi connectivity index (χ4n) is 17.4. The largest absolute Gasteiger partial charge is 0.457 e. The second-order valence-electron chi connectivity index (χ2n) is 35.4. The van der Waals surface area contributed by atoms with Crippen LogP contribution in [0.15, 0.2) is 364 Å². The highest BCUT2D eigenvalue weighted by Gasteiger charge is 2.43. The molecule has 5 heterocycles. The van der Waals surface area contributed by atoms with Gasteiger partial charge in [0.25, 0.3) is 59.1 Å². The van der Waals surface area contributed by atoms with Crippen LogP contribution in [0.1, 0.15) is 197 Å². The number of aryl methyl sites for hydroxylation is 1. The van der Waals surface area contributed by atoms with Gasteiger partial charge >= 0.3 is 0 Å². The van der Waals surface area contributed by atoms with Gasteiger partial charge in [0.1, 0.15) is 69.0 Å². The highest BCUT2D eigenvalue weighted by Crippen LogP contribution is 2.44. The van der Waals surface area contributed by atoms with Crippen molar-refractivity contribution in [3.05, 3.63) is 481 Å². The van der Waals surface area contributed by atoms with Gasteiger partial charge in [0.05, 0.1) is 72.7 Å². The van der Waals surface area contributed by atoms with Crippen LogP contribution in [0.5, 0.6) is 69.0 Å². The predicted octanol–water partition coefficient (Wildman–Crippen LogP) is 24.0. The number of rotatable bonds is 21. The van der Waals surface area contributed by atoms with E-state index in [0.717, 1.165) is 69.2 Å². The predicted molar refractivity (Wildman–Crippen MR) is 534 cm³/mol. The van der Waals surface area contributed by atoms with Gasteiger partial charge in [-0.3, -0.25) is 62.5 Å². The van der Waals surface area contributed by atoms with Crippen LogP contribution in [0.25, 0.3) is 0 Å². The van der Waals surface area contributed by atoms with E-state index >= 15 is 0 Å². The number of ketones is 1.